The fourth-order valence-electron chi connectivity index (χ4n) is 3.82. The van der Waals surface area contributed by atoms with Gasteiger partial charge in [0.1, 0.15) is 17.1 Å². The molecule has 3 aromatic rings. The zero-order chi connectivity index (χ0) is 19.9. The number of rotatable bonds is 5. The van der Waals surface area contributed by atoms with Gasteiger partial charge in [-0.2, -0.15) is 5.10 Å². The van der Waals surface area contributed by atoms with Crippen molar-refractivity contribution in [2.75, 3.05) is 5.73 Å². The molecule has 0 aliphatic heterocycles. The Kier molecular flexibility index (Phi) is 4.91. The summed E-state index contributed by atoms with van der Waals surface area (Å²) >= 11 is 0. The second-order valence-electron chi connectivity index (χ2n) is 7.82. The van der Waals surface area contributed by atoms with Gasteiger partial charge in [-0.3, -0.25) is 9.78 Å². The number of primary amides is 1. The minimum Gasteiger partial charge on any atom is -0.383 e. The van der Waals surface area contributed by atoms with E-state index < -0.39 is 5.91 Å². The Labute approximate surface area is 159 Å². The molecule has 0 spiro atoms. The van der Waals surface area contributed by atoms with E-state index in [0.29, 0.717) is 23.3 Å². The maximum atomic E-state index is 12.2. The Morgan fingerprint density at radius 2 is 1.78 bits per heavy atom. The molecule has 0 aliphatic rings. The first-order chi connectivity index (χ1) is 12.7. The molecule has 27 heavy (non-hydrogen) atoms. The minimum atomic E-state index is -0.580. The van der Waals surface area contributed by atoms with Crippen molar-refractivity contribution in [3.8, 4) is 11.3 Å². The number of carbonyl (C=O) groups is 1. The smallest absolute Gasteiger partial charge is 0.254 e. The van der Waals surface area contributed by atoms with Crippen molar-refractivity contribution in [3.05, 3.63) is 41.6 Å². The van der Waals surface area contributed by atoms with Crippen LogP contribution in [0.5, 0.6) is 0 Å². The highest BCUT2D eigenvalue weighted by molar-refractivity contribution is 6.03. The number of hydrogen-bond donors (Lipinski definition) is 2. The number of nitrogens with two attached hydrogens (primary N) is 2. The molecule has 0 radical (unpaired) electrons. The molecule has 6 nitrogen and oxygen atoms in total. The fourth-order valence-corrected chi connectivity index (χ4v) is 3.82. The summed E-state index contributed by atoms with van der Waals surface area (Å²) in [5, 5.41) is 5.70. The van der Waals surface area contributed by atoms with Crippen LogP contribution in [0.2, 0.25) is 0 Å². The van der Waals surface area contributed by atoms with Crippen LogP contribution in [0.15, 0.2) is 30.5 Å². The SMILES string of the molecule is Cc1ccc2cc(-c3nn(C(C(C)C)C(C)C)c(N)c3C(N)=O)cnc2c1. The lowest BCUT2D eigenvalue weighted by atomic mass is 9.93. The molecule has 1 aromatic carbocycles. The lowest BCUT2D eigenvalue weighted by molar-refractivity contribution is 0.100. The molecular weight excluding hydrogens is 338 g/mol. The lowest BCUT2D eigenvalue weighted by Gasteiger charge is -2.26. The van der Waals surface area contributed by atoms with Crippen LogP contribution in [-0.2, 0) is 0 Å². The van der Waals surface area contributed by atoms with Gasteiger partial charge in [-0.1, -0.05) is 39.8 Å². The monoisotopic (exact) mass is 365 g/mol. The number of nitrogens with zero attached hydrogens (tertiary/aromatic N) is 3. The highest BCUT2D eigenvalue weighted by atomic mass is 16.1. The van der Waals surface area contributed by atoms with Gasteiger partial charge in [0.05, 0.1) is 11.6 Å². The molecule has 0 atom stereocenters. The second-order valence-corrected chi connectivity index (χ2v) is 7.82. The summed E-state index contributed by atoms with van der Waals surface area (Å²) in [7, 11) is 0. The molecule has 1 amide bonds. The van der Waals surface area contributed by atoms with E-state index >= 15 is 0 Å². The third-order valence-corrected chi connectivity index (χ3v) is 4.96. The van der Waals surface area contributed by atoms with E-state index in [0.717, 1.165) is 22.0 Å². The minimum absolute atomic E-state index is 0.0629. The molecule has 0 fully saturated rings. The standard InChI is InChI=1S/C21H27N5O/c1-11(2)19(12(3)4)26-20(22)17(21(23)27)18(25-26)15-9-14-7-6-13(5)8-16(14)24-10-15/h6-12,19H,22H2,1-5H3,(H2,23,27). The van der Waals surface area contributed by atoms with Crippen molar-refractivity contribution in [1.29, 1.82) is 0 Å². The molecule has 2 aromatic heterocycles. The van der Waals surface area contributed by atoms with E-state index in [4.69, 9.17) is 16.6 Å². The molecule has 6 heteroatoms. The zero-order valence-corrected chi connectivity index (χ0v) is 16.5. The average Bonchev–Trinajstić information content (AvgIpc) is 2.91. The number of aryl methyl sites for hydroxylation is 1. The van der Waals surface area contributed by atoms with Crippen LogP contribution in [0.3, 0.4) is 0 Å². The first-order valence-electron chi connectivity index (χ1n) is 9.25. The number of nitrogen functional groups attached to an aromatic ring is 1. The second kappa shape index (κ2) is 7.02. The summed E-state index contributed by atoms with van der Waals surface area (Å²) in [5.74, 6) is 0.342. The number of aromatic nitrogens is 3. The van der Waals surface area contributed by atoms with Crippen LogP contribution in [0.4, 0.5) is 5.82 Å². The molecule has 0 aliphatic carbocycles. The number of fused-ring (bicyclic) bond motifs is 1. The maximum Gasteiger partial charge on any atom is 0.254 e. The molecule has 0 saturated carbocycles. The molecule has 0 saturated heterocycles. The van der Waals surface area contributed by atoms with Crippen molar-refractivity contribution in [1.82, 2.24) is 14.8 Å². The van der Waals surface area contributed by atoms with Crippen molar-refractivity contribution >= 4 is 22.6 Å². The van der Waals surface area contributed by atoms with Crippen molar-refractivity contribution in [3.63, 3.8) is 0 Å². The molecular formula is C21H27N5O. The third kappa shape index (κ3) is 3.39. The Morgan fingerprint density at radius 1 is 1.11 bits per heavy atom. The van der Waals surface area contributed by atoms with Crippen LogP contribution in [0, 0.1) is 18.8 Å². The normalized spacial score (nSPS) is 11.9. The van der Waals surface area contributed by atoms with E-state index in [1.807, 2.05) is 31.2 Å². The van der Waals surface area contributed by atoms with Gasteiger partial charge in [-0.05, 0) is 36.5 Å². The van der Waals surface area contributed by atoms with E-state index in [9.17, 15) is 4.79 Å². The van der Waals surface area contributed by atoms with E-state index in [1.165, 1.54) is 0 Å². The predicted molar refractivity (Wildman–Crippen MR) is 109 cm³/mol. The van der Waals surface area contributed by atoms with Crippen LogP contribution in [0.25, 0.3) is 22.2 Å². The van der Waals surface area contributed by atoms with Gasteiger partial charge in [0.2, 0.25) is 0 Å². The number of carbonyl (C=O) groups excluding carboxylic acids is 1. The van der Waals surface area contributed by atoms with Crippen LogP contribution < -0.4 is 11.5 Å². The summed E-state index contributed by atoms with van der Waals surface area (Å²) in [6, 6.07) is 8.10. The molecule has 3 rings (SSSR count). The lowest BCUT2D eigenvalue weighted by Crippen LogP contribution is -2.24. The number of anilines is 1. The fraction of sp³-hybridized carbons (Fsp3) is 0.381. The van der Waals surface area contributed by atoms with Crippen molar-refractivity contribution in [2.24, 2.45) is 17.6 Å². The van der Waals surface area contributed by atoms with E-state index in [2.05, 4.69) is 32.7 Å². The van der Waals surface area contributed by atoms with Crippen molar-refractivity contribution < 1.29 is 4.79 Å². The van der Waals surface area contributed by atoms with Gasteiger partial charge in [0.25, 0.3) is 5.91 Å². The van der Waals surface area contributed by atoms with E-state index in [-0.39, 0.29) is 11.6 Å². The van der Waals surface area contributed by atoms with Crippen LogP contribution in [0.1, 0.15) is 49.7 Å². The summed E-state index contributed by atoms with van der Waals surface area (Å²) in [6.07, 6.45) is 1.72. The first kappa shape index (κ1) is 18.9. The largest absolute Gasteiger partial charge is 0.383 e. The number of benzene rings is 1. The zero-order valence-electron chi connectivity index (χ0n) is 16.5. The molecule has 0 bridgehead atoms. The maximum absolute atomic E-state index is 12.2. The number of hydrogen-bond acceptors (Lipinski definition) is 4. The highest BCUT2D eigenvalue weighted by Crippen LogP contribution is 2.34. The Hall–Kier alpha value is -2.89. The summed E-state index contributed by atoms with van der Waals surface area (Å²) < 4.78 is 1.75. The number of pyridine rings is 1. The highest BCUT2D eigenvalue weighted by Gasteiger charge is 2.28. The summed E-state index contributed by atoms with van der Waals surface area (Å²) in [6.45, 7) is 10.5. The van der Waals surface area contributed by atoms with Crippen molar-refractivity contribution in [2.45, 2.75) is 40.7 Å². The summed E-state index contributed by atoms with van der Waals surface area (Å²) in [5.41, 5.74) is 15.5. The Morgan fingerprint density at radius 3 is 2.37 bits per heavy atom. The van der Waals surface area contributed by atoms with Gasteiger partial charge in [-0.15, -0.1) is 0 Å². The Bertz CT molecular complexity index is 995. The van der Waals surface area contributed by atoms with Gasteiger partial charge < -0.3 is 11.5 Å². The summed E-state index contributed by atoms with van der Waals surface area (Å²) in [4.78, 5) is 16.7. The average molecular weight is 365 g/mol. The molecule has 2 heterocycles. The molecule has 4 N–H and O–H groups in total. The molecule has 0 unspecified atom stereocenters. The van der Waals surface area contributed by atoms with Gasteiger partial charge >= 0.3 is 0 Å². The van der Waals surface area contributed by atoms with E-state index in [1.54, 1.807) is 10.9 Å². The van der Waals surface area contributed by atoms with Gasteiger partial charge in [-0.25, -0.2) is 4.68 Å². The number of amides is 1. The predicted octanol–water partition coefficient (Wildman–Crippen LogP) is 3.94. The van der Waals surface area contributed by atoms with Crippen LogP contribution >= 0.6 is 0 Å². The third-order valence-electron chi connectivity index (χ3n) is 4.96. The van der Waals surface area contributed by atoms with Gasteiger partial charge in [0.15, 0.2) is 0 Å². The Balaban J connectivity index is 2.22. The topological polar surface area (TPSA) is 99.8 Å². The van der Waals surface area contributed by atoms with Crippen LogP contribution in [-0.4, -0.2) is 20.7 Å². The molecule has 142 valence electrons. The van der Waals surface area contributed by atoms with Gasteiger partial charge in [0, 0.05) is 17.1 Å². The quantitative estimate of drug-likeness (QED) is 0.715. The first-order valence-corrected chi connectivity index (χ1v) is 9.25.